The average Bonchev–Trinajstić information content (AvgIpc) is 2.65. The molecule has 0 radical (unpaired) electrons. The van der Waals surface area contributed by atoms with E-state index in [2.05, 4.69) is 0 Å². The Morgan fingerprint density at radius 2 is 1.56 bits per heavy atom. The zero-order valence-corrected chi connectivity index (χ0v) is 14.5. The molecule has 25 heavy (non-hydrogen) atoms. The Morgan fingerprint density at radius 1 is 0.880 bits per heavy atom. The van der Waals surface area contributed by atoms with Crippen LogP contribution < -0.4 is 13.7 Å². The Balaban J connectivity index is 1.77. The number of carbonyl (C=O) groups excluding carboxylic acids is 1. The van der Waals surface area contributed by atoms with Crippen LogP contribution in [0.2, 0.25) is 0 Å². The molecule has 3 aromatic carbocycles. The van der Waals surface area contributed by atoms with Crippen LogP contribution in [0.1, 0.15) is 15.9 Å². The van der Waals surface area contributed by atoms with Crippen molar-refractivity contribution in [2.75, 3.05) is 4.67 Å². The zero-order valence-electron chi connectivity index (χ0n) is 13.6. The predicted molar refractivity (Wildman–Crippen MR) is 99.0 cm³/mol. The van der Waals surface area contributed by atoms with Crippen molar-refractivity contribution in [2.45, 2.75) is 6.92 Å². The number of benzene rings is 3. The van der Waals surface area contributed by atoms with Gasteiger partial charge in [0, 0.05) is 0 Å². The maximum atomic E-state index is 13.1. The summed E-state index contributed by atoms with van der Waals surface area (Å²) in [5, 5.41) is 0. The standard InChI is InChI=1S/C20H16NO3P/c1-15-9-5-7-13-18(15)23-25-21(16-10-3-2-4-11-16)20(22)17-12-6-8-14-19(17)24-25/h2-14H,1H3. The Kier molecular flexibility index (Phi) is 4.12. The van der Waals surface area contributed by atoms with Gasteiger partial charge in [0.2, 0.25) is 0 Å². The lowest BCUT2D eigenvalue weighted by Gasteiger charge is -2.33. The Hall–Kier alpha value is -2.84. The van der Waals surface area contributed by atoms with E-state index in [0.717, 1.165) is 11.3 Å². The first kappa shape index (κ1) is 15.7. The summed E-state index contributed by atoms with van der Waals surface area (Å²) in [7, 11) is -1.65. The molecule has 1 unspecified atom stereocenters. The molecule has 0 fully saturated rings. The second-order valence-corrected chi connectivity index (χ2v) is 6.88. The quantitative estimate of drug-likeness (QED) is 0.599. The molecule has 0 bridgehead atoms. The van der Waals surface area contributed by atoms with Crippen molar-refractivity contribution in [3.05, 3.63) is 90.0 Å². The molecule has 1 aliphatic heterocycles. The number of rotatable bonds is 3. The molecule has 0 aliphatic carbocycles. The van der Waals surface area contributed by atoms with Crippen molar-refractivity contribution >= 4 is 20.1 Å². The molecule has 4 rings (SSSR count). The SMILES string of the molecule is Cc1ccccc1OP1Oc2ccccc2C(=O)N1c1ccccc1. The van der Waals surface area contributed by atoms with Crippen LogP contribution in [0.4, 0.5) is 5.69 Å². The number of hydrogen-bond donors (Lipinski definition) is 0. The molecule has 0 N–H and O–H groups in total. The van der Waals surface area contributed by atoms with Crippen molar-refractivity contribution in [3.8, 4) is 11.5 Å². The van der Waals surface area contributed by atoms with Crippen molar-refractivity contribution in [3.63, 3.8) is 0 Å². The number of carbonyl (C=O) groups is 1. The number of para-hydroxylation sites is 3. The molecular weight excluding hydrogens is 333 g/mol. The lowest BCUT2D eigenvalue weighted by molar-refractivity contribution is 0.0995. The average molecular weight is 349 g/mol. The summed E-state index contributed by atoms with van der Waals surface area (Å²) in [6.07, 6.45) is 0. The van der Waals surface area contributed by atoms with Gasteiger partial charge in [-0.3, -0.25) is 4.79 Å². The van der Waals surface area contributed by atoms with E-state index in [9.17, 15) is 4.79 Å². The monoisotopic (exact) mass is 349 g/mol. The fourth-order valence-electron chi connectivity index (χ4n) is 2.62. The molecule has 0 saturated carbocycles. The third-order valence-corrected chi connectivity index (χ3v) is 5.37. The van der Waals surface area contributed by atoms with Gasteiger partial charge in [-0.05, 0) is 42.8 Å². The van der Waals surface area contributed by atoms with Gasteiger partial charge in [0.1, 0.15) is 11.5 Å². The van der Waals surface area contributed by atoms with E-state index in [1.54, 1.807) is 16.8 Å². The second-order valence-electron chi connectivity index (χ2n) is 5.63. The van der Waals surface area contributed by atoms with Crippen LogP contribution in [0.3, 0.4) is 0 Å². The number of hydrogen-bond acceptors (Lipinski definition) is 3. The summed E-state index contributed by atoms with van der Waals surface area (Å²) < 4.78 is 13.8. The third kappa shape index (κ3) is 2.97. The van der Waals surface area contributed by atoms with Crippen LogP contribution in [0.25, 0.3) is 0 Å². The number of fused-ring (bicyclic) bond motifs is 1. The van der Waals surface area contributed by atoms with E-state index in [4.69, 9.17) is 9.05 Å². The van der Waals surface area contributed by atoms with Gasteiger partial charge in [-0.15, -0.1) is 0 Å². The molecule has 1 aliphatic rings. The second kappa shape index (κ2) is 6.58. The molecular formula is C20H16NO3P. The number of nitrogens with zero attached hydrogens (tertiary/aromatic N) is 1. The van der Waals surface area contributed by atoms with E-state index in [0.29, 0.717) is 17.1 Å². The summed E-state index contributed by atoms with van der Waals surface area (Å²) in [5.74, 6) is 1.15. The number of amides is 1. The van der Waals surface area contributed by atoms with Crippen LogP contribution >= 0.6 is 8.53 Å². The van der Waals surface area contributed by atoms with Crippen LogP contribution in [0, 0.1) is 6.92 Å². The Labute approximate surface area is 147 Å². The van der Waals surface area contributed by atoms with E-state index in [1.165, 1.54) is 0 Å². The predicted octanol–water partition coefficient (Wildman–Crippen LogP) is 5.34. The molecule has 3 aromatic rings. The lowest BCUT2D eigenvalue weighted by atomic mass is 10.2. The van der Waals surface area contributed by atoms with Gasteiger partial charge in [0.15, 0.2) is 0 Å². The van der Waals surface area contributed by atoms with Crippen LogP contribution in [-0.2, 0) is 0 Å². The molecule has 0 spiro atoms. The molecule has 4 nitrogen and oxygen atoms in total. The molecule has 5 heteroatoms. The maximum Gasteiger partial charge on any atom is 0.424 e. The van der Waals surface area contributed by atoms with Gasteiger partial charge < -0.3 is 9.05 Å². The summed E-state index contributed by atoms with van der Waals surface area (Å²) in [6.45, 7) is 1.97. The van der Waals surface area contributed by atoms with E-state index >= 15 is 0 Å². The first-order valence-electron chi connectivity index (χ1n) is 7.94. The van der Waals surface area contributed by atoms with Gasteiger partial charge >= 0.3 is 8.53 Å². The molecule has 1 heterocycles. The highest BCUT2D eigenvalue weighted by molar-refractivity contribution is 7.51. The van der Waals surface area contributed by atoms with Crippen molar-refractivity contribution in [1.29, 1.82) is 0 Å². The Bertz CT molecular complexity index is 914. The highest BCUT2D eigenvalue weighted by Crippen LogP contribution is 2.52. The van der Waals surface area contributed by atoms with Crippen molar-refractivity contribution in [1.82, 2.24) is 0 Å². The minimum atomic E-state index is -1.65. The Morgan fingerprint density at radius 3 is 2.36 bits per heavy atom. The summed E-state index contributed by atoms with van der Waals surface area (Å²) >= 11 is 0. The molecule has 1 amide bonds. The van der Waals surface area contributed by atoms with Gasteiger partial charge in [-0.1, -0.05) is 48.5 Å². The number of anilines is 1. The van der Waals surface area contributed by atoms with Crippen LogP contribution in [0.15, 0.2) is 78.9 Å². The fourth-order valence-corrected chi connectivity index (χ4v) is 4.10. The lowest BCUT2D eigenvalue weighted by Crippen LogP contribution is -2.33. The summed E-state index contributed by atoms with van der Waals surface area (Å²) in [4.78, 5) is 13.1. The largest absolute Gasteiger partial charge is 0.424 e. The van der Waals surface area contributed by atoms with Gasteiger partial charge in [0.05, 0.1) is 11.3 Å². The van der Waals surface area contributed by atoms with Crippen LogP contribution in [0.5, 0.6) is 11.5 Å². The molecule has 0 aromatic heterocycles. The van der Waals surface area contributed by atoms with Gasteiger partial charge in [-0.25, -0.2) is 4.67 Å². The zero-order chi connectivity index (χ0) is 17.2. The van der Waals surface area contributed by atoms with Crippen molar-refractivity contribution in [2.24, 2.45) is 0 Å². The normalized spacial score (nSPS) is 16.1. The van der Waals surface area contributed by atoms with Crippen molar-refractivity contribution < 1.29 is 13.8 Å². The van der Waals surface area contributed by atoms with Gasteiger partial charge in [-0.2, -0.15) is 0 Å². The molecule has 1 atom stereocenters. The van der Waals surface area contributed by atoms with E-state index < -0.39 is 8.53 Å². The topological polar surface area (TPSA) is 38.8 Å². The molecule has 0 saturated heterocycles. The first-order valence-corrected chi connectivity index (χ1v) is 9.07. The fraction of sp³-hybridized carbons (Fsp3) is 0.0500. The van der Waals surface area contributed by atoms with Gasteiger partial charge in [0.25, 0.3) is 5.91 Å². The number of aryl methyl sites for hydroxylation is 1. The summed E-state index contributed by atoms with van der Waals surface area (Å²) in [5.41, 5.74) is 2.29. The highest BCUT2D eigenvalue weighted by Gasteiger charge is 2.39. The van der Waals surface area contributed by atoms with E-state index in [-0.39, 0.29) is 5.91 Å². The van der Waals surface area contributed by atoms with E-state index in [1.807, 2.05) is 73.7 Å². The minimum absolute atomic E-state index is 0.118. The molecule has 124 valence electrons. The van der Waals surface area contributed by atoms with Crippen LogP contribution in [-0.4, -0.2) is 5.91 Å². The smallest absolute Gasteiger partial charge is 0.422 e. The third-order valence-electron chi connectivity index (χ3n) is 3.92. The highest BCUT2D eigenvalue weighted by atomic mass is 31.2. The summed E-state index contributed by atoms with van der Waals surface area (Å²) in [6, 6.07) is 24.4. The first-order chi connectivity index (χ1) is 12.2. The minimum Gasteiger partial charge on any atom is -0.422 e. The maximum absolute atomic E-state index is 13.1.